The third-order valence-corrected chi connectivity index (χ3v) is 3.81. The molecule has 0 aliphatic carbocycles. The van der Waals surface area contributed by atoms with E-state index in [0.717, 1.165) is 12.4 Å². The van der Waals surface area contributed by atoms with Gasteiger partial charge >= 0.3 is 0 Å². The van der Waals surface area contributed by atoms with E-state index in [1.54, 1.807) is 0 Å². The first-order chi connectivity index (χ1) is 8.11. The molecular formula is C15H24N2. The van der Waals surface area contributed by atoms with E-state index in [1.165, 1.54) is 24.0 Å². The summed E-state index contributed by atoms with van der Waals surface area (Å²) < 4.78 is 0. The van der Waals surface area contributed by atoms with Crippen LogP contribution in [0.25, 0.3) is 0 Å². The first-order valence-corrected chi connectivity index (χ1v) is 6.84. The summed E-state index contributed by atoms with van der Waals surface area (Å²) in [6.45, 7) is 10.3. The van der Waals surface area contributed by atoms with Crippen LogP contribution in [0.4, 0.5) is 5.82 Å². The largest absolute Gasteiger partial charge is 0.370 e. The maximum atomic E-state index is 4.54. The van der Waals surface area contributed by atoms with E-state index in [-0.39, 0.29) is 0 Å². The normalized spacial score (nSPS) is 20.0. The molecule has 1 aliphatic heterocycles. The van der Waals surface area contributed by atoms with Gasteiger partial charge in [-0.3, -0.25) is 0 Å². The van der Waals surface area contributed by atoms with Crippen molar-refractivity contribution in [3.05, 3.63) is 23.4 Å². The summed E-state index contributed by atoms with van der Waals surface area (Å²) in [6, 6.07) is 2.20. The number of hydrogen-bond acceptors (Lipinski definition) is 2. The molecule has 94 valence electrons. The lowest BCUT2D eigenvalue weighted by atomic mass is 9.81. The van der Waals surface area contributed by atoms with Crippen LogP contribution in [-0.2, 0) is 0 Å². The Morgan fingerprint density at radius 2 is 2.06 bits per heavy atom. The van der Waals surface area contributed by atoms with Crippen molar-refractivity contribution in [2.24, 2.45) is 5.92 Å². The number of pyridine rings is 1. The van der Waals surface area contributed by atoms with E-state index in [1.807, 2.05) is 6.20 Å². The average molecular weight is 232 g/mol. The van der Waals surface area contributed by atoms with E-state index in [4.69, 9.17) is 0 Å². The summed E-state index contributed by atoms with van der Waals surface area (Å²) in [5, 5.41) is 3.49. The van der Waals surface area contributed by atoms with Crippen molar-refractivity contribution in [1.29, 1.82) is 0 Å². The Morgan fingerprint density at radius 3 is 2.71 bits per heavy atom. The lowest BCUT2D eigenvalue weighted by Crippen LogP contribution is -2.11. The van der Waals surface area contributed by atoms with Gasteiger partial charge in [0.2, 0.25) is 0 Å². The van der Waals surface area contributed by atoms with Gasteiger partial charge in [0, 0.05) is 18.3 Å². The summed E-state index contributed by atoms with van der Waals surface area (Å²) >= 11 is 0. The van der Waals surface area contributed by atoms with E-state index < -0.39 is 0 Å². The van der Waals surface area contributed by atoms with Gasteiger partial charge in [-0.2, -0.15) is 0 Å². The second kappa shape index (κ2) is 5.07. The van der Waals surface area contributed by atoms with E-state index in [0.29, 0.717) is 17.8 Å². The molecule has 2 nitrogen and oxygen atoms in total. The molecule has 1 atom stereocenters. The number of nitrogens with one attached hydrogen (secondary N) is 1. The number of anilines is 1. The maximum absolute atomic E-state index is 4.54. The first kappa shape index (κ1) is 12.4. The van der Waals surface area contributed by atoms with Crippen LogP contribution in [0.1, 0.15) is 63.5 Å². The van der Waals surface area contributed by atoms with Gasteiger partial charge in [-0.05, 0) is 42.2 Å². The molecule has 2 rings (SSSR count). The third kappa shape index (κ3) is 2.46. The minimum Gasteiger partial charge on any atom is -0.370 e. The van der Waals surface area contributed by atoms with Crippen LogP contribution >= 0.6 is 0 Å². The molecule has 1 aromatic rings. The number of aromatic nitrogens is 1. The minimum absolute atomic E-state index is 0.577. The molecule has 0 amide bonds. The van der Waals surface area contributed by atoms with Crippen molar-refractivity contribution in [2.45, 2.75) is 52.4 Å². The molecule has 2 heterocycles. The highest BCUT2D eigenvalue weighted by molar-refractivity contribution is 5.52. The van der Waals surface area contributed by atoms with Gasteiger partial charge < -0.3 is 5.32 Å². The van der Waals surface area contributed by atoms with Crippen molar-refractivity contribution in [3.63, 3.8) is 0 Å². The van der Waals surface area contributed by atoms with Gasteiger partial charge in [-0.25, -0.2) is 4.98 Å². The smallest absolute Gasteiger partial charge is 0.129 e. The van der Waals surface area contributed by atoms with Crippen LogP contribution in [0.3, 0.4) is 0 Å². The zero-order valence-corrected chi connectivity index (χ0v) is 11.5. The summed E-state index contributed by atoms with van der Waals surface area (Å²) in [5.74, 6) is 3.06. The fraction of sp³-hybridized carbons (Fsp3) is 0.667. The summed E-state index contributed by atoms with van der Waals surface area (Å²) in [6.07, 6.45) is 4.48. The molecule has 17 heavy (non-hydrogen) atoms. The van der Waals surface area contributed by atoms with E-state index in [2.05, 4.69) is 44.1 Å². The fourth-order valence-electron chi connectivity index (χ4n) is 2.86. The van der Waals surface area contributed by atoms with E-state index in [9.17, 15) is 0 Å². The molecule has 0 bridgehead atoms. The lowest BCUT2D eigenvalue weighted by molar-refractivity contribution is 0.462. The molecular weight excluding hydrogens is 208 g/mol. The Balaban J connectivity index is 2.52. The van der Waals surface area contributed by atoms with Crippen molar-refractivity contribution < 1.29 is 0 Å². The Hall–Kier alpha value is -1.05. The highest BCUT2D eigenvalue weighted by atomic mass is 15.0. The van der Waals surface area contributed by atoms with Crippen LogP contribution in [0.2, 0.25) is 0 Å². The second-order valence-corrected chi connectivity index (χ2v) is 5.74. The van der Waals surface area contributed by atoms with Crippen LogP contribution in [0, 0.1) is 5.92 Å². The first-order valence-electron chi connectivity index (χ1n) is 6.84. The summed E-state index contributed by atoms with van der Waals surface area (Å²) in [4.78, 5) is 4.54. The van der Waals surface area contributed by atoms with Gasteiger partial charge in [0.1, 0.15) is 5.82 Å². The molecule has 0 saturated carbocycles. The minimum atomic E-state index is 0.577. The van der Waals surface area contributed by atoms with Crippen molar-refractivity contribution in [1.82, 2.24) is 4.98 Å². The maximum Gasteiger partial charge on any atom is 0.129 e. The highest BCUT2D eigenvalue weighted by Crippen LogP contribution is 2.39. The Morgan fingerprint density at radius 1 is 1.29 bits per heavy atom. The summed E-state index contributed by atoms with van der Waals surface area (Å²) in [5.41, 5.74) is 2.96. The van der Waals surface area contributed by atoms with Crippen molar-refractivity contribution in [3.8, 4) is 0 Å². The van der Waals surface area contributed by atoms with Gasteiger partial charge in [0.25, 0.3) is 0 Å². The molecule has 0 spiro atoms. The molecule has 1 aromatic heterocycles. The molecule has 0 aromatic carbocycles. The number of fused-ring (bicyclic) bond motifs is 1. The SMILES string of the molecule is CC(C)c1ccnc2c1C(C(C)C)CCCN2. The highest BCUT2D eigenvalue weighted by Gasteiger charge is 2.25. The molecule has 0 fully saturated rings. The topological polar surface area (TPSA) is 24.9 Å². The Bertz CT molecular complexity index is 383. The van der Waals surface area contributed by atoms with Crippen LogP contribution < -0.4 is 5.32 Å². The second-order valence-electron chi connectivity index (χ2n) is 5.74. The van der Waals surface area contributed by atoms with E-state index >= 15 is 0 Å². The Labute approximate surface area is 105 Å². The molecule has 1 unspecified atom stereocenters. The number of nitrogens with zero attached hydrogens (tertiary/aromatic N) is 1. The lowest BCUT2D eigenvalue weighted by Gasteiger charge is -2.25. The zero-order chi connectivity index (χ0) is 12.4. The molecule has 2 heteroatoms. The molecule has 1 N–H and O–H groups in total. The van der Waals surface area contributed by atoms with Crippen molar-refractivity contribution in [2.75, 3.05) is 11.9 Å². The van der Waals surface area contributed by atoms with Gasteiger partial charge in [0.15, 0.2) is 0 Å². The third-order valence-electron chi connectivity index (χ3n) is 3.81. The van der Waals surface area contributed by atoms with Crippen LogP contribution in [0.5, 0.6) is 0 Å². The zero-order valence-electron chi connectivity index (χ0n) is 11.5. The van der Waals surface area contributed by atoms with Crippen LogP contribution in [0.15, 0.2) is 12.3 Å². The summed E-state index contributed by atoms with van der Waals surface area (Å²) in [7, 11) is 0. The predicted octanol–water partition coefficient (Wildman–Crippen LogP) is 4.15. The van der Waals surface area contributed by atoms with Gasteiger partial charge in [0.05, 0.1) is 0 Å². The fourth-order valence-corrected chi connectivity index (χ4v) is 2.86. The average Bonchev–Trinajstić information content (AvgIpc) is 2.50. The van der Waals surface area contributed by atoms with Crippen LogP contribution in [-0.4, -0.2) is 11.5 Å². The predicted molar refractivity (Wildman–Crippen MR) is 73.6 cm³/mol. The van der Waals surface area contributed by atoms with Crippen molar-refractivity contribution >= 4 is 5.82 Å². The van der Waals surface area contributed by atoms with Gasteiger partial charge in [-0.1, -0.05) is 27.7 Å². The van der Waals surface area contributed by atoms with Gasteiger partial charge in [-0.15, -0.1) is 0 Å². The quantitative estimate of drug-likeness (QED) is 0.828. The number of rotatable bonds is 2. The molecule has 0 radical (unpaired) electrons. The standard InChI is InChI=1S/C15H24N2/c1-10(2)12-6-5-8-16-15-14(12)13(11(3)4)7-9-17-15/h7,9-12H,5-6,8H2,1-4H3,(H,16,17). The monoisotopic (exact) mass is 232 g/mol. The molecule has 0 saturated heterocycles. The number of hydrogen-bond donors (Lipinski definition) is 1. The molecule has 1 aliphatic rings. The Kier molecular flexibility index (Phi) is 3.70.